The van der Waals surface area contributed by atoms with Gasteiger partial charge in [0.25, 0.3) is 0 Å². The van der Waals surface area contributed by atoms with Crippen molar-refractivity contribution < 1.29 is 0 Å². The van der Waals surface area contributed by atoms with Crippen molar-refractivity contribution in [1.29, 1.82) is 0 Å². The lowest BCUT2D eigenvalue weighted by Gasteiger charge is -2.64. The van der Waals surface area contributed by atoms with Gasteiger partial charge in [-0.1, -0.05) is 19.1 Å². The van der Waals surface area contributed by atoms with E-state index < -0.39 is 0 Å². The van der Waals surface area contributed by atoms with Crippen LogP contribution >= 0.6 is 0 Å². The zero-order valence-electron chi connectivity index (χ0n) is 7.61. The monoisotopic (exact) mass is 160 g/mol. The summed E-state index contributed by atoms with van der Waals surface area (Å²) in [6.07, 6.45) is 8.12. The van der Waals surface area contributed by atoms with Crippen LogP contribution in [0, 0.1) is 41.4 Å². The molecule has 4 aliphatic carbocycles. The Morgan fingerprint density at radius 1 is 0.917 bits per heavy atom. The molecular formula is C12H16. The van der Waals surface area contributed by atoms with Gasteiger partial charge in [0.05, 0.1) is 0 Å². The maximum atomic E-state index is 2.52. The zero-order valence-corrected chi connectivity index (χ0v) is 7.61. The molecule has 3 fully saturated rings. The van der Waals surface area contributed by atoms with Crippen LogP contribution in [0.15, 0.2) is 12.2 Å². The smallest absolute Gasteiger partial charge is 0.0194 e. The number of hydrogen-bond donors (Lipinski definition) is 0. The van der Waals surface area contributed by atoms with Crippen molar-refractivity contribution in [3.63, 3.8) is 0 Å². The van der Waals surface area contributed by atoms with Gasteiger partial charge in [-0.2, -0.15) is 0 Å². The molecule has 4 rings (SSSR count). The summed E-state index contributed by atoms with van der Waals surface area (Å²) in [5.41, 5.74) is 0. The Bertz CT molecular complexity index is 265. The number of hydrogen-bond acceptors (Lipinski definition) is 0. The van der Waals surface area contributed by atoms with Crippen molar-refractivity contribution in [3.8, 4) is 0 Å². The molecule has 0 aromatic heterocycles. The van der Waals surface area contributed by atoms with Gasteiger partial charge in [-0.25, -0.2) is 0 Å². The van der Waals surface area contributed by atoms with Crippen LogP contribution in [0.4, 0.5) is 0 Å². The third-order valence-corrected chi connectivity index (χ3v) is 5.32. The first kappa shape index (κ1) is 6.23. The minimum Gasteiger partial charge on any atom is -0.0848 e. The summed E-state index contributed by atoms with van der Waals surface area (Å²) in [5, 5.41) is 0. The highest BCUT2D eigenvalue weighted by atomic mass is 14.7. The third kappa shape index (κ3) is 0.448. The fourth-order valence-corrected chi connectivity index (χ4v) is 4.95. The fourth-order valence-electron chi connectivity index (χ4n) is 4.95. The van der Waals surface area contributed by atoms with Crippen LogP contribution in [0.1, 0.15) is 19.8 Å². The Morgan fingerprint density at radius 2 is 1.67 bits per heavy atom. The molecule has 0 spiro atoms. The molecule has 4 aliphatic rings. The summed E-state index contributed by atoms with van der Waals surface area (Å²) in [7, 11) is 0. The molecule has 64 valence electrons. The summed E-state index contributed by atoms with van der Waals surface area (Å²) < 4.78 is 0. The van der Waals surface area contributed by atoms with Gasteiger partial charge >= 0.3 is 0 Å². The first-order valence-corrected chi connectivity index (χ1v) is 5.54. The van der Waals surface area contributed by atoms with E-state index >= 15 is 0 Å². The van der Waals surface area contributed by atoms with Gasteiger partial charge in [-0.05, 0) is 54.3 Å². The number of rotatable bonds is 0. The second-order valence-electron chi connectivity index (χ2n) is 5.56. The second kappa shape index (κ2) is 1.66. The Morgan fingerprint density at radius 3 is 2.42 bits per heavy atom. The molecule has 12 heavy (non-hydrogen) atoms. The molecule has 0 heterocycles. The maximum Gasteiger partial charge on any atom is -0.0194 e. The third-order valence-electron chi connectivity index (χ3n) is 5.32. The lowest BCUT2D eigenvalue weighted by molar-refractivity contribution is -0.150. The van der Waals surface area contributed by atoms with Gasteiger partial charge in [0.15, 0.2) is 0 Å². The molecule has 0 aliphatic heterocycles. The molecule has 3 saturated carbocycles. The van der Waals surface area contributed by atoms with Crippen molar-refractivity contribution >= 4 is 0 Å². The van der Waals surface area contributed by atoms with E-state index in [1.54, 1.807) is 6.42 Å². The molecule has 0 radical (unpaired) electrons. The SMILES string of the molecule is CC1CC2C1C1C3C=CC(C3)C21. The topological polar surface area (TPSA) is 0 Å². The Balaban J connectivity index is 1.73. The lowest BCUT2D eigenvalue weighted by Crippen LogP contribution is -2.59. The maximum absolute atomic E-state index is 2.52. The van der Waals surface area contributed by atoms with Gasteiger partial charge < -0.3 is 0 Å². The number of fused-ring (bicyclic) bond motifs is 8. The van der Waals surface area contributed by atoms with Crippen LogP contribution in [0.2, 0.25) is 0 Å². The minimum absolute atomic E-state index is 1.02. The normalized spacial score (nSPS) is 69.9. The summed E-state index contributed by atoms with van der Waals surface area (Å²) >= 11 is 0. The summed E-state index contributed by atoms with van der Waals surface area (Å²) in [4.78, 5) is 0. The van der Waals surface area contributed by atoms with Crippen molar-refractivity contribution in [2.24, 2.45) is 41.4 Å². The van der Waals surface area contributed by atoms with Crippen LogP contribution in [-0.2, 0) is 0 Å². The highest BCUT2D eigenvalue weighted by Gasteiger charge is 2.66. The van der Waals surface area contributed by atoms with Crippen LogP contribution < -0.4 is 0 Å². The highest BCUT2D eigenvalue weighted by Crippen LogP contribution is 2.72. The molecule has 7 unspecified atom stereocenters. The quantitative estimate of drug-likeness (QED) is 0.478. The Labute approximate surface area is 74.0 Å². The van der Waals surface area contributed by atoms with Crippen molar-refractivity contribution in [3.05, 3.63) is 12.2 Å². The molecule has 0 aromatic carbocycles. The van der Waals surface area contributed by atoms with Gasteiger partial charge in [0, 0.05) is 0 Å². The van der Waals surface area contributed by atoms with Gasteiger partial charge in [-0.3, -0.25) is 0 Å². The molecule has 7 atom stereocenters. The Hall–Kier alpha value is -0.260. The van der Waals surface area contributed by atoms with Crippen molar-refractivity contribution in [2.45, 2.75) is 19.8 Å². The van der Waals surface area contributed by atoms with Crippen LogP contribution in [0.3, 0.4) is 0 Å². The standard InChI is InChI=1S/C12H16/c1-6-4-9-10(6)12-8-3-2-7(5-8)11(9)12/h2-3,6-12H,4-5H2,1H3. The van der Waals surface area contributed by atoms with E-state index in [0.29, 0.717) is 0 Å². The predicted molar refractivity (Wildman–Crippen MR) is 48.5 cm³/mol. The average molecular weight is 160 g/mol. The predicted octanol–water partition coefficient (Wildman–Crippen LogP) is 2.71. The van der Waals surface area contributed by atoms with Crippen LogP contribution in [0.5, 0.6) is 0 Å². The van der Waals surface area contributed by atoms with E-state index in [1.165, 1.54) is 12.3 Å². The Kier molecular flexibility index (Phi) is 0.865. The molecule has 0 nitrogen and oxygen atoms in total. The van der Waals surface area contributed by atoms with Gasteiger partial charge in [-0.15, -0.1) is 0 Å². The minimum atomic E-state index is 1.02. The summed E-state index contributed by atoms with van der Waals surface area (Å²) in [5.74, 6) is 7.75. The van der Waals surface area contributed by atoms with E-state index in [0.717, 1.165) is 35.5 Å². The van der Waals surface area contributed by atoms with Gasteiger partial charge in [0.1, 0.15) is 0 Å². The van der Waals surface area contributed by atoms with Crippen LogP contribution in [-0.4, -0.2) is 0 Å². The molecular weight excluding hydrogens is 144 g/mol. The number of allylic oxidation sites excluding steroid dienone is 2. The largest absolute Gasteiger partial charge is 0.0848 e. The van der Waals surface area contributed by atoms with E-state index in [2.05, 4.69) is 19.1 Å². The van der Waals surface area contributed by atoms with E-state index in [9.17, 15) is 0 Å². The molecule has 2 bridgehead atoms. The molecule has 0 aromatic rings. The summed E-state index contributed by atoms with van der Waals surface area (Å²) in [6, 6.07) is 0. The van der Waals surface area contributed by atoms with Crippen molar-refractivity contribution in [2.75, 3.05) is 0 Å². The van der Waals surface area contributed by atoms with E-state index in [1.807, 2.05) is 0 Å². The van der Waals surface area contributed by atoms with Gasteiger partial charge in [0.2, 0.25) is 0 Å². The fraction of sp³-hybridized carbons (Fsp3) is 0.833. The lowest BCUT2D eigenvalue weighted by atomic mass is 9.41. The molecule has 0 saturated heterocycles. The summed E-state index contributed by atoms with van der Waals surface area (Å²) in [6.45, 7) is 2.47. The zero-order chi connectivity index (χ0) is 7.87. The van der Waals surface area contributed by atoms with E-state index in [4.69, 9.17) is 0 Å². The molecule has 0 N–H and O–H groups in total. The average Bonchev–Trinajstić information content (AvgIpc) is 2.55. The first-order valence-electron chi connectivity index (χ1n) is 5.54. The molecule has 0 heteroatoms. The van der Waals surface area contributed by atoms with Crippen molar-refractivity contribution in [1.82, 2.24) is 0 Å². The van der Waals surface area contributed by atoms with E-state index in [-0.39, 0.29) is 0 Å². The molecule has 0 amide bonds. The highest BCUT2D eigenvalue weighted by molar-refractivity contribution is 5.24. The second-order valence-corrected chi connectivity index (χ2v) is 5.56. The first-order chi connectivity index (χ1) is 5.86. The van der Waals surface area contributed by atoms with Crippen LogP contribution in [0.25, 0.3) is 0 Å².